The highest BCUT2D eigenvalue weighted by Crippen LogP contribution is 2.54. The van der Waals surface area contributed by atoms with E-state index in [1.807, 2.05) is 13.8 Å². The van der Waals surface area contributed by atoms with Crippen LogP contribution in [0.3, 0.4) is 0 Å². The lowest BCUT2D eigenvalue weighted by Gasteiger charge is -2.40. The molecule has 2 fully saturated rings. The number of carbonyl (C=O) groups excluding carboxylic acids is 3. The molecule has 3 rings (SSSR count). The molecule has 1 N–H and O–H groups in total. The number of esters is 2. The third kappa shape index (κ3) is 2.53. The van der Waals surface area contributed by atoms with E-state index in [1.54, 1.807) is 26.8 Å². The van der Waals surface area contributed by atoms with Crippen molar-refractivity contribution in [3.63, 3.8) is 0 Å². The third-order valence-electron chi connectivity index (χ3n) is 6.90. The van der Waals surface area contributed by atoms with Crippen molar-refractivity contribution in [3.8, 4) is 0 Å². The molecule has 9 atom stereocenters. The van der Waals surface area contributed by atoms with Crippen LogP contribution in [0.4, 0.5) is 0 Å². The van der Waals surface area contributed by atoms with Crippen molar-refractivity contribution >= 4 is 17.7 Å². The highest BCUT2D eigenvalue weighted by molar-refractivity contribution is 5.98. The Hall–Kier alpha value is -1.69. The summed E-state index contributed by atoms with van der Waals surface area (Å²) in [5, 5.41) is 10.9. The molecule has 0 spiro atoms. The lowest BCUT2D eigenvalue weighted by atomic mass is 9.66. The van der Waals surface area contributed by atoms with Crippen molar-refractivity contribution in [2.45, 2.75) is 59.4 Å². The Morgan fingerprint density at radius 1 is 1.38 bits per heavy atom. The van der Waals surface area contributed by atoms with Crippen LogP contribution < -0.4 is 0 Å². The number of aliphatic hydroxyl groups is 1. The van der Waals surface area contributed by atoms with Gasteiger partial charge in [0.1, 0.15) is 12.2 Å². The van der Waals surface area contributed by atoms with Crippen molar-refractivity contribution in [1.82, 2.24) is 0 Å². The van der Waals surface area contributed by atoms with E-state index >= 15 is 0 Å². The lowest BCUT2D eigenvalue weighted by molar-refractivity contribution is -0.171. The average molecular weight is 364 g/mol. The van der Waals surface area contributed by atoms with Crippen LogP contribution in [-0.2, 0) is 23.9 Å². The summed E-state index contributed by atoms with van der Waals surface area (Å²) < 4.78 is 11.4. The van der Waals surface area contributed by atoms with Gasteiger partial charge in [0.25, 0.3) is 0 Å². The number of hydrogen-bond acceptors (Lipinski definition) is 6. The predicted octanol–water partition coefficient (Wildman–Crippen LogP) is 1.89. The first kappa shape index (κ1) is 19.1. The summed E-state index contributed by atoms with van der Waals surface area (Å²) in [4.78, 5) is 37.7. The van der Waals surface area contributed by atoms with Crippen LogP contribution in [0.25, 0.3) is 0 Å². The minimum Gasteiger partial charge on any atom is -0.461 e. The van der Waals surface area contributed by atoms with E-state index in [2.05, 4.69) is 0 Å². The average Bonchev–Trinajstić information content (AvgIpc) is 3.06. The first-order valence-corrected chi connectivity index (χ1v) is 9.46. The van der Waals surface area contributed by atoms with Gasteiger partial charge in [-0.05, 0) is 31.3 Å². The van der Waals surface area contributed by atoms with Gasteiger partial charge in [0.2, 0.25) is 0 Å². The largest absolute Gasteiger partial charge is 0.461 e. The maximum Gasteiger partial charge on any atom is 0.309 e. The van der Waals surface area contributed by atoms with Crippen LogP contribution in [0.5, 0.6) is 0 Å². The number of carbonyl (C=O) groups is 3. The Morgan fingerprint density at radius 2 is 2.04 bits per heavy atom. The van der Waals surface area contributed by atoms with Crippen LogP contribution in [0.2, 0.25) is 0 Å². The molecule has 0 aromatic heterocycles. The monoisotopic (exact) mass is 364 g/mol. The highest BCUT2D eigenvalue weighted by Gasteiger charge is 2.65. The van der Waals surface area contributed by atoms with Crippen LogP contribution in [0.1, 0.15) is 41.0 Å². The van der Waals surface area contributed by atoms with Crippen molar-refractivity contribution in [1.29, 1.82) is 0 Å². The number of allylic oxidation sites excluding steroid dienone is 2. The minimum atomic E-state index is -1.01. The topological polar surface area (TPSA) is 89.9 Å². The van der Waals surface area contributed by atoms with Gasteiger partial charge < -0.3 is 14.6 Å². The van der Waals surface area contributed by atoms with E-state index in [0.29, 0.717) is 6.42 Å². The molecule has 0 aromatic carbocycles. The summed E-state index contributed by atoms with van der Waals surface area (Å²) in [5.74, 6) is -2.93. The maximum absolute atomic E-state index is 12.9. The summed E-state index contributed by atoms with van der Waals surface area (Å²) in [6, 6.07) is 0. The van der Waals surface area contributed by atoms with Gasteiger partial charge in [-0.25, -0.2) is 0 Å². The van der Waals surface area contributed by atoms with Gasteiger partial charge in [-0.1, -0.05) is 33.8 Å². The quantitative estimate of drug-likeness (QED) is 0.769. The van der Waals surface area contributed by atoms with Crippen LogP contribution in [0, 0.1) is 35.0 Å². The zero-order valence-electron chi connectivity index (χ0n) is 16.0. The van der Waals surface area contributed by atoms with Gasteiger partial charge in [0.15, 0.2) is 5.78 Å². The zero-order chi connectivity index (χ0) is 19.4. The molecule has 1 saturated heterocycles. The molecule has 0 bridgehead atoms. The molecule has 0 radical (unpaired) electrons. The molecule has 2 aliphatic carbocycles. The summed E-state index contributed by atoms with van der Waals surface area (Å²) in [7, 11) is 0. The number of ether oxygens (including phenoxy) is 2. The molecular formula is C20H28O6. The van der Waals surface area contributed by atoms with Crippen LogP contribution >= 0.6 is 0 Å². The van der Waals surface area contributed by atoms with Crippen molar-refractivity contribution in [3.05, 3.63) is 12.2 Å². The Morgan fingerprint density at radius 3 is 2.65 bits per heavy atom. The van der Waals surface area contributed by atoms with Crippen molar-refractivity contribution < 1.29 is 29.0 Å². The van der Waals surface area contributed by atoms with Crippen molar-refractivity contribution in [2.75, 3.05) is 0 Å². The Kier molecular flexibility index (Phi) is 4.76. The first-order valence-electron chi connectivity index (χ1n) is 9.46. The van der Waals surface area contributed by atoms with E-state index < -0.39 is 41.5 Å². The number of fused-ring (bicyclic) bond motifs is 2. The number of ketones is 1. The fourth-order valence-corrected chi connectivity index (χ4v) is 4.80. The summed E-state index contributed by atoms with van der Waals surface area (Å²) in [5.41, 5.74) is -1.01. The fourth-order valence-electron chi connectivity index (χ4n) is 4.80. The molecule has 144 valence electrons. The Balaban J connectivity index is 2.09. The second-order valence-electron chi connectivity index (χ2n) is 8.32. The molecular weight excluding hydrogens is 336 g/mol. The first-order chi connectivity index (χ1) is 12.1. The Labute approximate surface area is 153 Å². The zero-order valence-corrected chi connectivity index (χ0v) is 16.0. The predicted molar refractivity (Wildman–Crippen MR) is 92.8 cm³/mol. The van der Waals surface area contributed by atoms with Gasteiger partial charge in [-0.3, -0.25) is 14.4 Å². The molecule has 1 aliphatic heterocycles. The summed E-state index contributed by atoms with van der Waals surface area (Å²) in [6.07, 6.45) is 1.43. The number of hydrogen-bond donors (Lipinski definition) is 1. The van der Waals surface area contributed by atoms with Gasteiger partial charge >= 0.3 is 11.9 Å². The molecule has 6 nitrogen and oxygen atoms in total. The van der Waals surface area contributed by atoms with E-state index in [4.69, 9.17) is 9.47 Å². The second-order valence-corrected chi connectivity index (χ2v) is 8.32. The van der Waals surface area contributed by atoms with E-state index in [-0.39, 0.29) is 29.5 Å². The number of rotatable bonds is 3. The van der Waals surface area contributed by atoms with E-state index in [9.17, 15) is 19.5 Å². The maximum atomic E-state index is 12.9. The summed E-state index contributed by atoms with van der Waals surface area (Å²) in [6.45, 7) is 9.03. The highest BCUT2D eigenvalue weighted by atomic mass is 16.6. The molecule has 6 heteroatoms. The standard InChI is InChI=1S/C20H28O6/c1-6-9(2)18(23)26-17-14-11(4)19(24)25-16(14)15(22)10(3)12-7-8-13(21)20(12,17)5/h7-12,14-17,22H,6H2,1-5H3/t9?,10-,11-,12-,14+,15+,16-,17-,20-/m0/s1. The molecule has 1 saturated carbocycles. The molecule has 0 aromatic rings. The normalized spacial score (nSPS) is 45.5. The van der Waals surface area contributed by atoms with Gasteiger partial charge in [-0.2, -0.15) is 0 Å². The van der Waals surface area contributed by atoms with Gasteiger partial charge in [0.05, 0.1) is 23.4 Å². The van der Waals surface area contributed by atoms with Crippen LogP contribution in [0.15, 0.2) is 12.2 Å². The summed E-state index contributed by atoms with van der Waals surface area (Å²) >= 11 is 0. The van der Waals surface area contributed by atoms with Gasteiger partial charge in [0, 0.05) is 5.92 Å². The second kappa shape index (κ2) is 6.48. The van der Waals surface area contributed by atoms with E-state index in [1.165, 1.54) is 6.08 Å². The van der Waals surface area contributed by atoms with Crippen molar-refractivity contribution in [2.24, 2.45) is 35.0 Å². The fraction of sp³-hybridized carbons (Fsp3) is 0.750. The molecule has 26 heavy (non-hydrogen) atoms. The SMILES string of the molecule is CCC(C)C(=O)O[C@H]1[C@H]2[C@H](OC(=O)[C@H]2C)[C@H](O)[C@@H](C)[C@@H]2C=CC(=O)[C@]21C. The number of aliphatic hydroxyl groups excluding tert-OH is 1. The third-order valence-corrected chi connectivity index (χ3v) is 6.90. The molecule has 1 heterocycles. The van der Waals surface area contributed by atoms with E-state index in [0.717, 1.165) is 0 Å². The lowest BCUT2D eigenvalue weighted by Crippen LogP contribution is -2.51. The molecule has 1 unspecified atom stereocenters. The van der Waals surface area contributed by atoms with Crippen LogP contribution in [-0.4, -0.2) is 41.1 Å². The molecule has 3 aliphatic rings. The molecule has 0 amide bonds. The van der Waals surface area contributed by atoms with Gasteiger partial charge in [-0.15, -0.1) is 0 Å². The Bertz CT molecular complexity index is 655. The smallest absolute Gasteiger partial charge is 0.309 e. The minimum absolute atomic E-state index is 0.129.